The van der Waals surface area contributed by atoms with Crippen LogP contribution in [-0.4, -0.2) is 11.7 Å². The van der Waals surface area contributed by atoms with E-state index in [1.54, 1.807) is 6.92 Å². The maximum absolute atomic E-state index is 10.5. The Morgan fingerprint density at radius 3 is 2.90 bits per heavy atom. The van der Waals surface area contributed by atoms with Crippen LogP contribution in [-0.2, 0) is 8.98 Å². The van der Waals surface area contributed by atoms with Gasteiger partial charge in [-0.15, -0.1) is 0 Å². The lowest BCUT2D eigenvalue weighted by Crippen LogP contribution is -1.94. The summed E-state index contributed by atoms with van der Waals surface area (Å²) in [5, 5.41) is 0. The maximum atomic E-state index is 10.5. The Balaban J connectivity index is 3.11. The van der Waals surface area contributed by atoms with Crippen LogP contribution in [0.1, 0.15) is 20.3 Å². The highest BCUT2D eigenvalue weighted by atomic mass is 32.2. The van der Waals surface area contributed by atoms with Crippen LogP contribution in [0.4, 0.5) is 0 Å². The van der Waals surface area contributed by atoms with Crippen molar-refractivity contribution in [2.75, 3.05) is 5.75 Å². The van der Waals surface area contributed by atoms with Gasteiger partial charge in [-0.2, -0.15) is 0 Å². The average Bonchev–Trinajstić information content (AvgIpc) is 1.98. The second-order valence-electron chi connectivity index (χ2n) is 1.66. The first kappa shape index (κ1) is 9.56. The maximum Gasteiger partial charge on any atom is 0.317 e. The van der Waals surface area contributed by atoms with Gasteiger partial charge in [-0.3, -0.25) is 4.79 Å². The molecule has 0 aromatic carbocycles. The monoisotopic (exact) mass is 160 g/mol. The molecule has 0 spiro atoms. The minimum absolute atomic E-state index is 0.158. The number of carbonyl (C=O) groups is 1. The molecule has 0 unspecified atom stereocenters. The number of hydrogen-bond acceptors (Lipinski definition) is 3. The summed E-state index contributed by atoms with van der Waals surface area (Å²) in [7, 11) is 0. The molecule has 0 aromatic rings. The molecule has 0 fully saturated rings. The van der Waals surface area contributed by atoms with Crippen molar-refractivity contribution >= 4 is 18.0 Å². The molecule has 0 saturated heterocycles. The van der Waals surface area contributed by atoms with Gasteiger partial charge in [0.25, 0.3) is 0 Å². The third-order valence-corrected chi connectivity index (χ3v) is 1.47. The predicted octanol–water partition coefficient (Wildman–Crippen LogP) is 2.16. The molecular weight excluding hydrogens is 148 g/mol. The van der Waals surface area contributed by atoms with Crippen LogP contribution in [0.2, 0.25) is 0 Å². The van der Waals surface area contributed by atoms with E-state index in [2.05, 4.69) is 0 Å². The SMILES string of the molecule is C/C=C/CSOC(=O)CC. The van der Waals surface area contributed by atoms with Gasteiger partial charge in [-0.05, 0) is 6.92 Å². The van der Waals surface area contributed by atoms with Gasteiger partial charge in [0.15, 0.2) is 0 Å². The molecule has 0 bridgehead atoms. The lowest BCUT2D eigenvalue weighted by molar-refractivity contribution is -0.132. The molecule has 0 amide bonds. The quantitative estimate of drug-likeness (QED) is 0.358. The Morgan fingerprint density at radius 2 is 2.40 bits per heavy atom. The number of rotatable bonds is 4. The first-order chi connectivity index (χ1) is 4.81. The molecule has 2 nitrogen and oxygen atoms in total. The average molecular weight is 160 g/mol. The molecule has 0 aliphatic heterocycles. The third kappa shape index (κ3) is 5.69. The summed E-state index contributed by atoms with van der Waals surface area (Å²) < 4.78 is 4.72. The molecule has 0 aromatic heterocycles. The summed E-state index contributed by atoms with van der Waals surface area (Å²) in [6.45, 7) is 3.71. The Morgan fingerprint density at radius 1 is 1.70 bits per heavy atom. The number of allylic oxidation sites excluding steroid dienone is 1. The molecule has 0 saturated carbocycles. The van der Waals surface area contributed by atoms with Gasteiger partial charge in [-0.25, -0.2) is 0 Å². The van der Waals surface area contributed by atoms with Gasteiger partial charge in [-0.1, -0.05) is 19.1 Å². The topological polar surface area (TPSA) is 26.3 Å². The number of hydrogen-bond donors (Lipinski definition) is 0. The molecule has 58 valence electrons. The minimum Gasteiger partial charge on any atom is -0.391 e. The molecule has 0 heterocycles. The van der Waals surface area contributed by atoms with E-state index in [9.17, 15) is 4.79 Å². The first-order valence-electron chi connectivity index (χ1n) is 3.24. The zero-order valence-corrected chi connectivity index (χ0v) is 7.11. The van der Waals surface area contributed by atoms with Gasteiger partial charge in [0, 0.05) is 12.2 Å². The summed E-state index contributed by atoms with van der Waals surface area (Å²) in [6, 6.07) is 0. The van der Waals surface area contributed by atoms with Gasteiger partial charge in [0.1, 0.15) is 0 Å². The van der Waals surface area contributed by atoms with Crippen LogP contribution < -0.4 is 0 Å². The minimum atomic E-state index is -0.158. The van der Waals surface area contributed by atoms with Crippen molar-refractivity contribution in [3.05, 3.63) is 12.2 Å². The van der Waals surface area contributed by atoms with Crippen LogP contribution in [0.3, 0.4) is 0 Å². The van der Waals surface area contributed by atoms with Gasteiger partial charge >= 0.3 is 5.97 Å². The van der Waals surface area contributed by atoms with Gasteiger partial charge in [0.2, 0.25) is 0 Å². The smallest absolute Gasteiger partial charge is 0.317 e. The Bertz CT molecular complexity index is 121. The largest absolute Gasteiger partial charge is 0.391 e. The van der Waals surface area contributed by atoms with Crippen molar-refractivity contribution in [1.29, 1.82) is 0 Å². The summed E-state index contributed by atoms with van der Waals surface area (Å²) in [4.78, 5) is 10.5. The Hall–Kier alpha value is -0.440. The predicted molar refractivity (Wildman–Crippen MR) is 43.7 cm³/mol. The summed E-state index contributed by atoms with van der Waals surface area (Å²) in [5.41, 5.74) is 0. The molecule has 0 N–H and O–H groups in total. The zero-order valence-electron chi connectivity index (χ0n) is 6.29. The molecule has 0 radical (unpaired) electrons. The van der Waals surface area contributed by atoms with E-state index in [-0.39, 0.29) is 5.97 Å². The molecule has 0 atom stereocenters. The first-order valence-corrected chi connectivity index (χ1v) is 4.15. The summed E-state index contributed by atoms with van der Waals surface area (Å²) >= 11 is 1.17. The van der Waals surface area contributed by atoms with E-state index >= 15 is 0 Å². The van der Waals surface area contributed by atoms with Crippen molar-refractivity contribution in [2.24, 2.45) is 0 Å². The van der Waals surface area contributed by atoms with E-state index < -0.39 is 0 Å². The van der Waals surface area contributed by atoms with E-state index in [1.807, 2.05) is 19.1 Å². The van der Waals surface area contributed by atoms with E-state index in [0.29, 0.717) is 6.42 Å². The van der Waals surface area contributed by atoms with Crippen molar-refractivity contribution in [3.8, 4) is 0 Å². The second kappa shape index (κ2) is 6.68. The number of carbonyl (C=O) groups excluding carboxylic acids is 1. The molecule has 10 heavy (non-hydrogen) atoms. The van der Waals surface area contributed by atoms with Crippen molar-refractivity contribution < 1.29 is 8.98 Å². The van der Waals surface area contributed by atoms with Crippen molar-refractivity contribution in [2.45, 2.75) is 20.3 Å². The van der Waals surface area contributed by atoms with Crippen molar-refractivity contribution in [3.63, 3.8) is 0 Å². The van der Waals surface area contributed by atoms with Gasteiger partial charge in [0.05, 0.1) is 12.0 Å². The fraction of sp³-hybridized carbons (Fsp3) is 0.571. The summed E-state index contributed by atoms with van der Waals surface area (Å²) in [5.74, 6) is 0.580. The highest BCUT2D eigenvalue weighted by molar-refractivity contribution is 7.95. The van der Waals surface area contributed by atoms with E-state index in [1.165, 1.54) is 12.0 Å². The normalized spacial score (nSPS) is 10.2. The summed E-state index contributed by atoms with van der Waals surface area (Å²) in [6.07, 6.45) is 4.31. The third-order valence-electron chi connectivity index (χ3n) is 0.841. The fourth-order valence-corrected chi connectivity index (χ4v) is 0.883. The van der Waals surface area contributed by atoms with Crippen molar-refractivity contribution in [1.82, 2.24) is 0 Å². The van der Waals surface area contributed by atoms with Crippen LogP contribution in [0.25, 0.3) is 0 Å². The van der Waals surface area contributed by atoms with E-state index in [4.69, 9.17) is 4.18 Å². The lowest BCUT2D eigenvalue weighted by atomic mass is 10.5. The van der Waals surface area contributed by atoms with Gasteiger partial charge < -0.3 is 4.18 Å². The molecule has 0 aliphatic rings. The fourth-order valence-electron chi connectivity index (χ4n) is 0.294. The standard InChI is InChI=1S/C7H12O2S/c1-3-5-6-10-9-7(8)4-2/h3,5H,4,6H2,1-2H3/b5-3+. The lowest BCUT2D eigenvalue weighted by Gasteiger charge is -1.95. The highest BCUT2D eigenvalue weighted by Gasteiger charge is 1.95. The van der Waals surface area contributed by atoms with E-state index in [0.717, 1.165) is 5.75 Å². The van der Waals surface area contributed by atoms with Crippen LogP contribution in [0, 0.1) is 0 Å². The van der Waals surface area contributed by atoms with Crippen LogP contribution >= 0.6 is 12.0 Å². The zero-order chi connectivity index (χ0) is 7.82. The second-order valence-corrected chi connectivity index (χ2v) is 2.40. The molecule has 3 heteroatoms. The Kier molecular flexibility index (Phi) is 6.38. The molecular formula is C7H12O2S. The highest BCUT2D eigenvalue weighted by Crippen LogP contribution is 2.03. The Labute approximate surface area is 65.8 Å². The van der Waals surface area contributed by atoms with Crippen LogP contribution in [0.15, 0.2) is 12.2 Å². The molecule has 0 aliphatic carbocycles. The molecule has 0 rings (SSSR count). The van der Waals surface area contributed by atoms with Crippen LogP contribution in [0.5, 0.6) is 0 Å².